The van der Waals surface area contributed by atoms with E-state index in [2.05, 4.69) is 15.3 Å². The molecule has 6 nitrogen and oxygen atoms in total. The minimum atomic E-state index is -4.23. The van der Waals surface area contributed by atoms with Gasteiger partial charge in [-0.05, 0) is 32.6 Å². The fourth-order valence-corrected chi connectivity index (χ4v) is 3.08. The van der Waals surface area contributed by atoms with Crippen molar-refractivity contribution in [3.05, 3.63) is 32.1 Å². The lowest BCUT2D eigenvalue weighted by Crippen LogP contribution is -2.41. The van der Waals surface area contributed by atoms with Gasteiger partial charge in [-0.1, -0.05) is 6.42 Å². The van der Waals surface area contributed by atoms with E-state index in [0.717, 1.165) is 0 Å². The number of nitrogens with one attached hydrogen (secondary N) is 3. The fourth-order valence-electron chi connectivity index (χ4n) is 3.08. The van der Waals surface area contributed by atoms with Crippen LogP contribution in [0.15, 0.2) is 9.59 Å². The standard InChI is InChI=1S/C15H20F3N3O3/c1-8-11(13(23)21-14(24)19-8)5-6-12(22)20-10-4-2-3-9(7-10)15(16,17)18/h9-10H,2-7H2,1H3,(H,20,22)(H2,19,21,23,24)/t9-,10-/m1/s1. The van der Waals surface area contributed by atoms with E-state index in [0.29, 0.717) is 24.1 Å². The number of amides is 1. The van der Waals surface area contributed by atoms with Gasteiger partial charge in [0.15, 0.2) is 0 Å². The summed E-state index contributed by atoms with van der Waals surface area (Å²) < 4.78 is 38.3. The van der Waals surface area contributed by atoms with Crippen molar-refractivity contribution in [2.75, 3.05) is 0 Å². The number of H-pyrrole nitrogens is 2. The van der Waals surface area contributed by atoms with Gasteiger partial charge in [-0.3, -0.25) is 14.6 Å². The van der Waals surface area contributed by atoms with Gasteiger partial charge in [-0.2, -0.15) is 13.2 Å². The van der Waals surface area contributed by atoms with Crippen LogP contribution >= 0.6 is 0 Å². The van der Waals surface area contributed by atoms with Gasteiger partial charge < -0.3 is 10.3 Å². The zero-order chi connectivity index (χ0) is 17.9. The van der Waals surface area contributed by atoms with Crippen LogP contribution in [-0.2, 0) is 11.2 Å². The maximum Gasteiger partial charge on any atom is 0.391 e. The molecule has 134 valence electrons. The highest BCUT2D eigenvalue weighted by atomic mass is 19.4. The van der Waals surface area contributed by atoms with Crippen LogP contribution in [0.3, 0.4) is 0 Å². The van der Waals surface area contributed by atoms with Crippen molar-refractivity contribution in [2.24, 2.45) is 5.92 Å². The van der Waals surface area contributed by atoms with Gasteiger partial charge >= 0.3 is 11.9 Å². The average molecular weight is 347 g/mol. The molecule has 2 atom stereocenters. The number of halogens is 3. The molecule has 1 amide bonds. The van der Waals surface area contributed by atoms with Crippen LogP contribution in [0.25, 0.3) is 0 Å². The van der Waals surface area contributed by atoms with Crippen LogP contribution < -0.4 is 16.6 Å². The largest absolute Gasteiger partial charge is 0.391 e. The van der Waals surface area contributed by atoms with Crippen LogP contribution in [0.4, 0.5) is 13.2 Å². The highest BCUT2D eigenvalue weighted by Gasteiger charge is 2.42. The van der Waals surface area contributed by atoms with Crippen LogP contribution in [0.2, 0.25) is 0 Å². The maximum absolute atomic E-state index is 12.8. The van der Waals surface area contributed by atoms with Crippen molar-refractivity contribution in [2.45, 2.75) is 57.7 Å². The summed E-state index contributed by atoms with van der Waals surface area (Å²) >= 11 is 0. The van der Waals surface area contributed by atoms with Crippen molar-refractivity contribution in [1.82, 2.24) is 15.3 Å². The Bertz CT molecular complexity index is 708. The minimum absolute atomic E-state index is 0.0247. The van der Waals surface area contributed by atoms with Crippen molar-refractivity contribution in [3.8, 4) is 0 Å². The van der Waals surface area contributed by atoms with E-state index in [1.165, 1.54) is 0 Å². The molecule has 0 saturated heterocycles. The van der Waals surface area contributed by atoms with E-state index in [1.807, 2.05) is 0 Å². The number of aromatic amines is 2. The molecule has 1 aliphatic carbocycles. The van der Waals surface area contributed by atoms with Crippen molar-refractivity contribution >= 4 is 5.91 Å². The molecule has 1 heterocycles. The van der Waals surface area contributed by atoms with E-state index in [1.54, 1.807) is 6.92 Å². The van der Waals surface area contributed by atoms with Crippen molar-refractivity contribution in [3.63, 3.8) is 0 Å². The Kier molecular flexibility index (Phi) is 5.51. The molecule has 2 rings (SSSR count). The molecule has 1 saturated carbocycles. The normalized spacial score (nSPS) is 21.5. The first kappa shape index (κ1) is 18.3. The molecule has 0 bridgehead atoms. The minimum Gasteiger partial charge on any atom is -0.353 e. The van der Waals surface area contributed by atoms with Crippen LogP contribution in [0, 0.1) is 12.8 Å². The van der Waals surface area contributed by atoms with Crippen LogP contribution in [0.1, 0.15) is 43.4 Å². The first-order valence-electron chi connectivity index (χ1n) is 7.85. The molecule has 0 radical (unpaired) electrons. The molecule has 1 aliphatic rings. The summed E-state index contributed by atoms with van der Waals surface area (Å²) in [7, 11) is 0. The van der Waals surface area contributed by atoms with Crippen molar-refractivity contribution in [1.29, 1.82) is 0 Å². The van der Waals surface area contributed by atoms with Gasteiger partial charge in [0.05, 0.1) is 5.92 Å². The Morgan fingerprint density at radius 3 is 2.58 bits per heavy atom. The molecular weight excluding hydrogens is 327 g/mol. The second kappa shape index (κ2) is 7.23. The molecule has 1 fully saturated rings. The SMILES string of the molecule is Cc1[nH]c(=O)[nH]c(=O)c1CCC(=O)N[C@@H]1CCC[C@@H](C(F)(F)F)C1. The predicted molar refractivity (Wildman–Crippen MR) is 80.7 cm³/mol. The summed E-state index contributed by atoms with van der Waals surface area (Å²) in [6, 6.07) is -0.493. The molecule has 0 spiro atoms. The Balaban J connectivity index is 1.90. The summed E-state index contributed by atoms with van der Waals surface area (Å²) in [4.78, 5) is 39.3. The Labute approximate surface area is 135 Å². The Morgan fingerprint density at radius 2 is 1.96 bits per heavy atom. The monoisotopic (exact) mass is 347 g/mol. The molecule has 0 aromatic carbocycles. The quantitative estimate of drug-likeness (QED) is 0.771. The summed E-state index contributed by atoms with van der Waals surface area (Å²) in [6.45, 7) is 1.55. The summed E-state index contributed by atoms with van der Waals surface area (Å²) in [5, 5.41) is 2.62. The highest BCUT2D eigenvalue weighted by Crippen LogP contribution is 2.37. The number of aryl methyl sites for hydroxylation is 1. The number of hydrogen-bond donors (Lipinski definition) is 3. The topological polar surface area (TPSA) is 94.8 Å². The van der Waals surface area contributed by atoms with Gasteiger partial charge in [0, 0.05) is 23.7 Å². The van der Waals surface area contributed by atoms with E-state index >= 15 is 0 Å². The lowest BCUT2D eigenvalue weighted by Gasteiger charge is -2.31. The molecule has 24 heavy (non-hydrogen) atoms. The molecule has 9 heteroatoms. The Hall–Kier alpha value is -2.06. The summed E-state index contributed by atoms with van der Waals surface area (Å²) in [5.41, 5.74) is -0.502. The van der Waals surface area contributed by atoms with Gasteiger partial charge in [0.2, 0.25) is 5.91 Å². The molecule has 1 aromatic rings. The first-order valence-corrected chi connectivity index (χ1v) is 7.85. The smallest absolute Gasteiger partial charge is 0.353 e. The van der Waals surface area contributed by atoms with Gasteiger partial charge in [-0.15, -0.1) is 0 Å². The van der Waals surface area contributed by atoms with E-state index in [9.17, 15) is 27.6 Å². The number of aromatic nitrogens is 2. The molecule has 1 aromatic heterocycles. The van der Waals surface area contributed by atoms with Gasteiger partial charge in [-0.25, -0.2) is 4.79 Å². The molecular formula is C15H20F3N3O3. The van der Waals surface area contributed by atoms with Gasteiger partial charge in [0.1, 0.15) is 0 Å². The summed E-state index contributed by atoms with van der Waals surface area (Å²) in [5.74, 6) is -1.77. The van der Waals surface area contributed by atoms with Crippen LogP contribution in [0.5, 0.6) is 0 Å². The molecule has 3 N–H and O–H groups in total. The molecule has 0 aliphatic heterocycles. The van der Waals surface area contributed by atoms with Crippen molar-refractivity contribution < 1.29 is 18.0 Å². The third-order valence-corrected chi connectivity index (χ3v) is 4.36. The highest BCUT2D eigenvalue weighted by molar-refractivity contribution is 5.76. The zero-order valence-corrected chi connectivity index (χ0v) is 13.3. The number of carbonyl (C=O) groups excluding carboxylic acids is 1. The van der Waals surface area contributed by atoms with Gasteiger partial charge in [0.25, 0.3) is 5.56 Å². The first-order chi connectivity index (χ1) is 11.2. The number of hydrogen-bond acceptors (Lipinski definition) is 3. The average Bonchev–Trinajstić information content (AvgIpc) is 2.45. The fraction of sp³-hybridized carbons (Fsp3) is 0.667. The number of rotatable bonds is 4. The number of carbonyl (C=O) groups is 1. The zero-order valence-electron chi connectivity index (χ0n) is 13.3. The third-order valence-electron chi connectivity index (χ3n) is 4.36. The van der Waals surface area contributed by atoms with E-state index in [-0.39, 0.29) is 25.7 Å². The molecule has 0 unspecified atom stereocenters. The predicted octanol–water partition coefficient (Wildman–Crippen LogP) is 1.54. The van der Waals surface area contributed by atoms with E-state index in [4.69, 9.17) is 0 Å². The number of alkyl halides is 3. The second-order valence-electron chi connectivity index (χ2n) is 6.18. The van der Waals surface area contributed by atoms with E-state index < -0.39 is 35.3 Å². The Morgan fingerprint density at radius 1 is 1.25 bits per heavy atom. The lowest BCUT2D eigenvalue weighted by atomic mass is 9.85. The lowest BCUT2D eigenvalue weighted by molar-refractivity contribution is -0.184. The summed E-state index contributed by atoms with van der Waals surface area (Å²) in [6.07, 6.45) is -3.20. The maximum atomic E-state index is 12.8. The van der Waals surface area contributed by atoms with Crippen LogP contribution in [-0.4, -0.2) is 28.1 Å². The third kappa shape index (κ3) is 4.72. The second-order valence-corrected chi connectivity index (χ2v) is 6.18.